The highest BCUT2D eigenvalue weighted by molar-refractivity contribution is 5.95. The van der Waals surface area contributed by atoms with Gasteiger partial charge in [0.2, 0.25) is 5.91 Å². The molecule has 0 atom stereocenters. The SMILES string of the molecule is CC(C)CC(=O)Nc1ccccc1-c1cn2c(n1)CCCC2. The summed E-state index contributed by atoms with van der Waals surface area (Å²) in [5.74, 6) is 1.57. The fourth-order valence-electron chi connectivity index (χ4n) is 2.93. The summed E-state index contributed by atoms with van der Waals surface area (Å²) < 4.78 is 2.24. The van der Waals surface area contributed by atoms with Crippen LogP contribution in [-0.4, -0.2) is 15.5 Å². The predicted octanol–water partition coefficient (Wildman–Crippen LogP) is 3.87. The number of aryl methyl sites for hydroxylation is 2. The first kappa shape index (κ1) is 14.8. The maximum atomic E-state index is 12.1. The van der Waals surface area contributed by atoms with Crippen molar-refractivity contribution < 1.29 is 4.79 Å². The summed E-state index contributed by atoms with van der Waals surface area (Å²) in [6.45, 7) is 5.15. The number of anilines is 1. The van der Waals surface area contributed by atoms with Crippen molar-refractivity contribution in [3.8, 4) is 11.3 Å². The summed E-state index contributed by atoms with van der Waals surface area (Å²) >= 11 is 0. The summed E-state index contributed by atoms with van der Waals surface area (Å²) in [7, 11) is 0. The fraction of sp³-hybridized carbons (Fsp3) is 0.444. The quantitative estimate of drug-likeness (QED) is 0.931. The van der Waals surface area contributed by atoms with Gasteiger partial charge >= 0.3 is 0 Å². The Morgan fingerprint density at radius 1 is 1.32 bits per heavy atom. The number of carbonyl (C=O) groups is 1. The molecule has 0 saturated carbocycles. The smallest absolute Gasteiger partial charge is 0.224 e. The van der Waals surface area contributed by atoms with Crippen LogP contribution in [0.1, 0.15) is 38.9 Å². The lowest BCUT2D eigenvalue weighted by Crippen LogP contribution is -2.14. The molecule has 1 aromatic heterocycles. The van der Waals surface area contributed by atoms with Crippen LogP contribution in [0.2, 0.25) is 0 Å². The van der Waals surface area contributed by atoms with Crippen molar-refractivity contribution in [1.29, 1.82) is 0 Å². The van der Waals surface area contributed by atoms with Gasteiger partial charge in [0.25, 0.3) is 0 Å². The number of imidazole rings is 1. The molecule has 4 nitrogen and oxygen atoms in total. The molecule has 116 valence electrons. The molecule has 0 radical (unpaired) electrons. The third kappa shape index (κ3) is 3.21. The second kappa shape index (κ2) is 6.34. The molecule has 1 amide bonds. The van der Waals surface area contributed by atoms with Gasteiger partial charge in [0.05, 0.1) is 11.4 Å². The van der Waals surface area contributed by atoms with E-state index in [1.165, 1.54) is 12.8 Å². The van der Waals surface area contributed by atoms with Gasteiger partial charge in [-0.3, -0.25) is 4.79 Å². The fourth-order valence-corrected chi connectivity index (χ4v) is 2.93. The van der Waals surface area contributed by atoms with Gasteiger partial charge < -0.3 is 9.88 Å². The second-order valence-corrected chi connectivity index (χ2v) is 6.38. The monoisotopic (exact) mass is 297 g/mol. The molecule has 1 N–H and O–H groups in total. The molecule has 1 aromatic carbocycles. The van der Waals surface area contributed by atoms with E-state index in [-0.39, 0.29) is 5.91 Å². The first-order chi connectivity index (χ1) is 10.6. The van der Waals surface area contributed by atoms with Crippen LogP contribution in [0.5, 0.6) is 0 Å². The first-order valence-electron chi connectivity index (χ1n) is 8.09. The number of carbonyl (C=O) groups excluding carboxylic acids is 1. The van der Waals surface area contributed by atoms with Gasteiger partial charge in [-0.15, -0.1) is 0 Å². The third-order valence-corrected chi connectivity index (χ3v) is 3.98. The molecule has 22 heavy (non-hydrogen) atoms. The lowest BCUT2D eigenvalue weighted by atomic mass is 10.1. The van der Waals surface area contributed by atoms with E-state index in [4.69, 9.17) is 4.98 Å². The summed E-state index contributed by atoms with van der Waals surface area (Å²) in [5.41, 5.74) is 2.81. The lowest BCUT2D eigenvalue weighted by Gasteiger charge is -2.11. The Hall–Kier alpha value is -2.10. The van der Waals surface area contributed by atoms with Gasteiger partial charge in [0.15, 0.2) is 0 Å². The van der Waals surface area contributed by atoms with Crippen LogP contribution < -0.4 is 5.32 Å². The van der Waals surface area contributed by atoms with Crippen LogP contribution in [0.3, 0.4) is 0 Å². The van der Waals surface area contributed by atoms with E-state index < -0.39 is 0 Å². The highest BCUT2D eigenvalue weighted by Crippen LogP contribution is 2.29. The minimum absolute atomic E-state index is 0.0615. The molecule has 0 saturated heterocycles. The van der Waals surface area contributed by atoms with Gasteiger partial charge in [0, 0.05) is 31.1 Å². The maximum absolute atomic E-state index is 12.1. The van der Waals surface area contributed by atoms with Crippen LogP contribution in [0, 0.1) is 5.92 Å². The van der Waals surface area contributed by atoms with E-state index in [0.717, 1.165) is 35.7 Å². The van der Waals surface area contributed by atoms with E-state index in [1.54, 1.807) is 0 Å². The highest BCUT2D eigenvalue weighted by Gasteiger charge is 2.16. The van der Waals surface area contributed by atoms with Gasteiger partial charge in [-0.2, -0.15) is 0 Å². The minimum Gasteiger partial charge on any atom is -0.334 e. The molecule has 0 aliphatic carbocycles. The summed E-state index contributed by atoms with van der Waals surface area (Å²) in [6, 6.07) is 7.92. The van der Waals surface area contributed by atoms with Crippen molar-refractivity contribution in [2.45, 2.75) is 46.1 Å². The van der Waals surface area contributed by atoms with Crippen molar-refractivity contribution in [2.75, 3.05) is 5.32 Å². The van der Waals surface area contributed by atoms with Crippen LogP contribution in [0.15, 0.2) is 30.5 Å². The first-order valence-corrected chi connectivity index (χ1v) is 8.09. The molecule has 1 aliphatic rings. The van der Waals surface area contributed by atoms with E-state index in [1.807, 2.05) is 24.3 Å². The molecule has 2 aromatic rings. The highest BCUT2D eigenvalue weighted by atomic mass is 16.1. The number of fused-ring (bicyclic) bond motifs is 1. The van der Waals surface area contributed by atoms with Gasteiger partial charge in [-0.25, -0.2) is 4.98 Å². The average Bonchev–Trinajstić information content (AvgIpc) is 2.90. The number of hydrogen-bond donors (Lipinski definition) is 1. The van der Waals surface area contributed by atoms with Crippen molar-refractivity contribution in [3.63, 3.8) is 0 Å². The molecule has 0 unspecified atom stereocenters. The van der Waals surface area contributed by atoms with Gasteiger partial charge in [-0.1, -0.05) is 32.0 Å². The molecule has 1 aliphatic heterocycles. The Morgan fingerprint density at radius 3 is 2.91 bits per heavy atom. The largest absolute Gasteiger partial charge is 0.334 e. The van der Waals surface area contributed by atoms with E-state index in [2.05, 4.69) is 29.9 Å². The van der Waals surface area contributed by atoms with Gasteiger partial charge in [0.1, 0.15) is 5.82 Å². The Morgan fingerprint density at radius 2 is 2.14 bits per heavy atom. The number of nitrogens with zero attached hydrogens (tertiary/aromatic N) is 2. The number of hydrogen-bond acceptors (Lipinski definition) is 2. The van der Waals surface area contributed by atoms with E-state index in [0.29, 0.717) is 12.3 Å². The van der Waals surface area contributed by atoms with Crippen molar-refractivity contribution in [3.05, 3.63) is 36.3 Å². The topological polar surface area (TPSA) is 46.9 Å². The van der Waals surface area contributed by atoms with E-state index >= 15 is 0 Å². The van der Waals surface area contributed by atoms with Crippen LogP contribution in [0.4, 0.5) is 5.69 Å². The lowest BCUT2D eigenvalue weighted by molar-refractivity contribution is -0.116. The molecule has 2 heterocycles. The van der Waals surface area contributed by atoms with Crippen LogP contribution >= 0.6 is 0 Å². The van der Waals surface area contributed by atoms with Gasteiger partial charge in [-0.05, 0) is 24.8 Å². The number of para-hydroxylation sites is 1. The Bertz CT molecular complexity index is 649. The number of rotatable bonds is 4. The van der Waals surface area contributed by atoms with E-state index in [9.17, 15) is 4.79 Å². The average molecular weight is 297 g/mol. The second-order valence-electron chi connectivity index (χ2n) is 6.38. The summed E-state index contributed by atoms with van der Waals surface area (Å²) in [5, 5.41) is 3.03. The zero-order valence-corrected chi connectivity index (χ0v) is 13.3. The zero-order valence-electron chi connectivity index (χ0n) is 13.3. The molecular formula is C18H23N3O. The summed E-state index contributed by atoms with van der Waals surface area (Å²) in [4.78, 5) is 16.8. The number of benzene rings is 1. The third-order valence-electron chi connectivity index (χ3n) is 3.98. The van der Waals surface area contributed by atoms with Crippen LogP contribution in [0.25, 0.3) is 11.3 Å². The Balaban J connectivity index is 1.87. The van der Waals surface area contributed by atoms with Crippen molar-refractivity contribution in [1.82, 2.24) is 9.55 Å². The molecule has 0 bridgehead atoms. The predicted molar refractivity (Wildman–Crippen MR) is 88.7 cm³/mol. The number of aromatic nitrogens is 2. The normalized spacial score (nSPS) is 14.0. The molecule has 0 fully saturated rings. The van der Waals surface area contributed by atoms with Crippen LogP contribution in [-0.2, 0) is 17.8 Å². The number of nitrogens with one attached hydrogen (secondary N) is 1. The zero-order chi connectivity index (χ0) is 15.5. The Kier molecular flexibility index (Phi) is 4.27. The molecule has 4 heteroatoms. The Labute approximate surface area is 131 Å². The standard InChI is InChI=1S/C18H23N3O/c1-13(2)11-18(22)20-15-8-4-3-7-14(15)16-12-21-10-6-5-9-17(21)19-16/h3-4,7-8,12-13H,5-6,9-11H2,1-2H3,(H,20,22). The number of amides is 1. The maximum Gasteiger partial charge on any atom is 0.224 e. The van der Waals surface area contributed by atoms with Crippen molar-refractivity contribution in [2.24, 2.45) is 5.92 Å². The van der Waals surface area contributed by atoms with Crippen molar-refractivity contribution >= 4 is 11.6 Å². The summed E-state index contributed by atoms with van der Waals surface area (Å²) in [6.07, 6.45) is 6.12. The molecular weight excluding hydrogens is 274 g/mol. The molecule has 3 rings (SSSR count). The minimum atomic E-state index is 0.0615. The molecule has 0 spiro atoms.